The quantitative estimate of drug-likeness (QED) is 0.113. The van der Waals surface area contributed by atoms with Crippen molar-refractivity contribution in [3.05, 3.63) is 88.5 Å². The Balaban J connectivity index is 1.65. The molecule has 0 fully saturated rings. The number of aliphatic hydroxyl groups excluding tert-OH is 1. The van der Waals surface area contributed by atoms with Crippen LogP contribution >= 0.6 is 11.8 Å². The number of aryl methyl sites for hydroxylation is 2. The fourth-order valence-electron chi connectivity index (χ4n) is 5.24. The van der Waals surface area contributed by atoms with E-state index in [1.807, 2.05) is 19.1 Å². The highest BCUT2D eigenvalue weighted by atomic mass is 32.2. The molecule has 228 valence electrons. The van der Waals surface area contributed by atoms with Crippen molar-refractivity contribution in [2.45, 2.75) is 83.7 Å². The Morgan fingerprint density at radius 2 is 1.65 bits per heavy atom. The number of unbranched alkanes of at least 4 members (excludes halogenated alkanes) is 1. The van der Waals surface area contributed by atoms with Gasteiger partial charge in [0.1, 0.15) is 11.5 Å². The molecule has 1 aliphatic rings. The van der Waals surface area contributed by atoms with Gasteiger partial charge in [0.2, 0.25) is 0 Å². The molecule has 0 radical (unpaired) electrons. The summed E-state index contributed by atoms with van der Waals surface area (Å²) in [6, 6.07) is 21.1. The topological polar surface area (TPSA) is 47.9 Å². The van der Waals surface area contributed by atoms with E-state index < -0.39 is 6.48 Å². The Labute approximate surface area is 260 Å². The van der Waals surface area contributed by atoms with Crippen LogP contribution in [0.3, 0.4) is 0 Å². The molecule has 6 heteroatoms. The summed E-state index contributed by atoms with van der Waals surface area (Å²) in [5, 5.41) is 10.0. The first-order valence-electron chi connectivity index (χ1n) is 15.3. The van der Waals surface area contributed by atoms with Crippen LogP contribution in [0.15, 0.2) is 65.6 Å². The van der Waals surface area contributed by atoms with Crippen LogP contribution in [0.25, 0.3) is 11.1 Å². The molecule has 2 atom stereocenters. The smallest absolute Gasteiger partial charge is 0.313 e. The van der Waals surface area contributed by atoms with E-state index in [2.05, 4.69) is 81.1 Å². The zero-order valence-electron chi connectivity index (χ0n) is 25.8. The van der Waals surface area contributed by atoms with E-state index in [0.717, 1.165) is 53.2 Å². The van der Waals surface area contributed by atoms with Gasteiger partial charge in [-0.25, -0.2) is 0 Å². The van der Waals surface area contributed by atoms with Crippen molar-refractivity contribution in [1.82, 2.24) is 0 Å². The van der Waals surface area contributed by atoms with E-state index in [1.165, 1.54) is 27.8 Å². The van der Waals surface area contributed by atoms with E-state index >= 15 is 0 Å². The van der Waals surface area contributed by atoms with Crippen molar-refractivity contribution in [3.63, 3.8) is 0 Å². The van der Waals surface area contributed by atoms with E-state index in [4.69, 9.17) is 14.2 Å². The standard InChI is InChI=1S/C37H43FO4S/c1-5-27-23-26(4)14-20-32(27)34-25-43-35-24-31(42-37(39)40-7-3)19-21-33(35)36(34)28-15-17-30(18-16-28)41-29(6-2)13-11-9-8-10-12-22-38/h14-21,23-24,29,37,39H,5-7,10-13,22,25H2,1-4H3/t29-,37?/m1/s1. The van der Waals surface area contributed by atoms with Crippen LogP contribution in [0, 0.1) is 18.8 Å². The van der Waals surface area contributed by atoms with E-state index in [0.29, 0.717) is 25.2 Å². The Kier molecular flexibility index (Phi) is 12.6. The van der Waals surface area contributed by atoms with Crippen LogP contribution in [0.4, 0.5) is 4.39 Å². The Bertz CT molecular complexity index is 1440. The Morgan fingerprint density at radius 3 is 2.37 bits per heavy atom. The summed E-state index contributed by atoms with van der Waals surface area (Å²) in [7, 11) is 0. The number of hydrogen-bond acceptors (Lipinski definition) is 5. The predicted octanol–water partition coefficient (Wildman–Crippen LogP) is 9.00. The van der Waals surface area contributed by atoms with Gasteiger partial charge in [-0.3, -0.25) is 4.39 Å². The van der Waals surface area contributed by atoms with Gasteiger partial charge in [-0.1, -0.05) is 49.7 Å². The van der Waals surface area contributed by atoms with Crippen LogP contribution in [0.1, 0.15) is 80.7 Å². The SMILES string of the molecule is CCOC(O)Oc1ccc2c(c1)SCC(c1ccc(C)cc1CC)=C2c1ccc(O[C@H](CC)CCC#CCCCF)cc1. The second-order valence-electron chi connectivity index (χ2n) is 10.6. The number of fused-ring (bicyclic) bond motifs is 1. The summed E-state index contributed by atoms with van der Waals surface area (Å²) in [6.07, 6.45) is 4.63. The molecule has 0 saturated carbocycles. The van der Waals surface area contributed by atoms with Gasteiger partial charge in [0.05, 0.1) is 19.4 Å². The molecule has 3 aromatic rings. The summed E-state index contributed by atoms with van der Waals surface area (Å²) >= 11 is 1.78. The van der Waals surface area contributed by atoms with Gasteiger partial charge in [-0.15, -0.1) is 23.6 Å². The molecular weight excluding hydrogens is 559 g/mol. The number of aliphatic hydroxyl groups is 1. The van der Waals surface area contributed by atoms with E-state index in [1.54, 1.807) is 11.8 Å². The highest BCUT2D eigenvalue weighted by Gasteiger charge is 2.24. The number of benzene rings is 3. The lowest BCUT2D eigenvalue weighted by Gasteiger charge is -2.26. The van der Waals surface area contributed by atoms with Crippen LogP contribution in [0.2, 0.25) is 0 Å². The third-order valence-corrected chi connectivity index (χ3v) is 8.54. The maximum Gasteiger partial charge on any atom is 0.313 e. The molecule has 43 heavy (non-hydrogen) atoms. The van der Waals surface area contributed by atoms with Crippen molar-refractivity contribution in [3.8, 4) is 23.3 Å². The summed E-state index contributed by atoms with van der Waals surface area (Å²) in [5.74, 6) is 8.43. The second kappa shape index (κ2) is 16.6. The zero-order valence-corrected chi connectivity index (χ0v) is 26.6. The molecule has 1 unspecified atom stereocenters. The molecule has 0 saturated heterocycles. The zero-order chi connectivity index (χ0) is 30.6. The molecule has 1 heterocycles. The van der Waals surface area contributed by atoms with Crippen LogP contribution in [-0.2, 0) is 11.2 Å². The fourth-order valence-corrected chi connectivity index (χ4v) is 6.36. The number of thioether (sulfide) groups is 1. The molecule has 0 aliphatic carbocycles. The first-order chi connectivity index (χ1) is 21.0. The average Bonchev–Trinajstić information content (AvgIpc) is 3.02. The van der Waals surface area contributed by atoms with Crippen LogP contribution in [-0.4, -0.2) is 36.7 Å². The lowest BCUT2D eigenvalue weighted by Crippen LogP contribution is -2.19. The van der Waals surface area contributed by atoms with E-state index in [-0.39, 0.29) is 12.8 Å². The van der Waals surface area contributed by atoms with Gasteiger partial charge in [0, 0.05) is 23.5 Å². The molecule has 0 spiro atoms. The minimum absolute atomic E-state index is 0.0769. The van der Waals surface area contributed by atoms with Gasteiger partial charge >= 0.3 is 6.48 Å². The first kappa shape index (κ1) is 32.7. The predicted molar refractivity (Wildman–Crippen MR) is 175 cm³/mol. The highest BCUT2D eigenvalue weighted by molar-refractivity contribution is 7.99. The number of ether oxygens (including phenoxy) is 3. The second-order valence-corrected chi connectivity index (χ2v) is 11.6. The maximum absolute atomic E-state index is 12.3. The van der Waals surface area contributed by atoms with Crippen molar-refractivity contribution in [2.75, 3.05) is 19.0 Å². The normalized spacial score (nSPS) is 14.0. The molecule has 4 rings (SSSR count). The molecule has 1 aliphatic heterocycles. The summed E-state index contributed by atoms with van der Waals surface area (Å²) in [5.41, 5.74) is 8.66. The summed E-state index contributed by atoms with van der Waals surface area (Å²) < 4.78 is 29.4. The number of alkyl halides is 1. The molecule has 1 N–H and O–H groups in total. The van der Waals surface area contributed by atoms with E-state index in [9.17, 15) is 9.50 Å². The van der Waals surface area contributed by atoms with Gasteiger partial charge in [-0.05, 0) is 103 Å². The van der Waals surface area contributed by atoms with Crippen molar-refractivity contribution in [2.24, 2.45) is 0 Å². The monoisotopic (exact) mass is 602 g/mol. The van der Waals surface area contributed by atoms with Crippen LogP contribution in [0.5, 0.6) is 11.5 Å². The average molecular weight is 603 g/mol. The van der Waals surface area contributed by atoms with Crippen molar-refractivity contribution >= 4 is 22.9 Å². The molecular formula is C37H43FO4S. The number of hydrogen-bond donors (Lipinski definition) is 1. The Hall–Kier alpha value is -3.24. The molecule has 0 amide bonds. The minimum atomic E-state index is -1.30. The van der Waals surface area contributed by atoms with Gasteiger partial charge in [-0.2, -0.15) is 0 Å². The fraction of sp³-hybridized carbons (Fsp3) is 0.405. The van der Waals surface area contributed by atoms with Gasteiger partial charge < -0.3 is 19.3 Å². The molecule has 0 aromatic heterocycles. The van der Waals surface area contributed by atoms with Crippen molar-refractivity contribution in [1.29, 1.82) is 0 Å². The maximum atomic E-state index is 12.3. The Morgan fingerprint density at radius 1 is 0.907 bits per heavy atom. The van der Waals surface area contributed by atoms with Crippen molar-refractivity contribution < 1.29 is 23.7 Å². The highest BCUT2D eigenvalue weighted by Crippen LogP contribution is 2.46. The summed E-state index contributed by atoms with van der Waals surface area (Å²) in [4.78, 5) is 1.10. The third-order valence-electron chi connectivity index (χ3n) is 7.46. The van der Waals surface area contributed by atoms with Gasteiger partial charge in [0.15, 0.2) is 0 Å². The molecule has 3 aromatic carbocycles. The van der Waals surface area contributed by atoms with Crippen LogP contribution < -0.4 is 9.47 Å². The lowest BCUT2D eigenvalue weighted by atomic mass is 9.87. The van der Waals surface area contributed by atoms with Gasteiger partial charge in [0.25, 0.3) is 0 Å². The summed E-state index contributed by atoms with van der Waals surface area (Å²) in [6.45, 7) is 7.05. The number of halogens is 1. The number of rotatable bonds is 14. The largest absolute Gasteiger partial charge is 0.490 e. The third kappa shape index (κ3) is 8.89. The minimum Gasteiger partial charge on any atom is -0.490 e. The lowest BCUT2D eigenvalue weighted by molar-refractivity contribution is -0.213. The molecule has 4 nitrogen and oxygen atoms in total. The molecule has 0 bridgehead atoms. The first-order valence-corrected chi connectivity index (χ1v) is 16.3.